The third-order valence-electron chi connectivity index (χ3n) is 4.01. The summed E-state index contributed by atoms with van der Waals surface area (Å²) in [6.07, 6.45) is 2.03. The summed E-state index contributed by atoms with van der Waals surface area (Å²) < 4.78 is 0. The molecule has 1 fully saturated rings. The van der Waals surface area contributed by atoms with Gasteiger partial charge in [-0.25, -0.2) is 0 Å². The van der Waals surface area contributed by atoms with Gasteiger partial charge in [0, 0.05) is 25.2 Å². The molecule has 3 N–H and O–H groups in total. The Hall–Kier alpha value is -1.60. The first-order valence-corrected chi connectivity index (χ1v) is 7.42. The third kappa shape index (κ3) is 4.18. The molecule has 118 valence electrons. The highest BCUT2D eigenvalue weighted by atomic mass is 16.2. The molecule has 1 aromatic rings. The van der Waals surface area contributed by atoms with Crippen molar-refractivity contribution in [2.45, 2.75) is 18.9 Å². The molecule has 0 saturated carbocycles. The fourth-order valence-corrected chi connectivity index (χ4v) is 2.67. The van der Waals surface area contributed by atoms with E-state index in [1.807, 2.05) is 19.0 Å². The minimum Gasteiger partial charge on any atom is -0.382 e. The molecule has 0 bridgehead atoms. The topological polar surface area (TPSA) is 81.5 Å². The van der Waals surface area contributed by atoms with Crippen molar-refractivity contribution >= 4 is 11.7 Å². The van der Waals surface area contributed by atoms with Gasteiger partial charge in [-0.1, -0.05) is 0 Å². The molecule has 2 rings (SSSR count). The van der Waals surface area contributed by atoms with Crippen LogP contribution < -0.4 is 5.73 Å². The largest absolute Gasteiger partial charge is 0.382 e. The zero-order valence-corrected chi connectivity index (χ0v) is 13.2. The summed E-state index contributed by atoms with van der Waals surface area (Å²) in [5.41, 5.74) is 6.08. The van der Waals surface area contributed by atoms with E-state index >= 15 is 0 Å². The lowest BCUT2D eigenvalue weighted by Gasteiger charge is -2.37. The number of nitrogens with one attached hydrogen (secondary N) is 1. The molecule has 0 radical (unpaired) electrons. The number of likely N-dealkylation sites (tertiary alicyclic amines) is 1. The predicted octanol–water partition coefficient (Wildman–Crippen LogP) is 0.0899. The van der Waals surface area contributed by atoms with Crippen molar-refractivity contribution in [3.63, 3.8) is 0 Å². The minimum atomic E-state index is -0.00407. The second kappa shape index (κ2) is 6.91. The van der Waals surface area contributed by atoms with E-state index in [0.29, 0.717) is 11.5 Å². The number of anilines is 1. The first-order valence-electron chi connectivity index (χ1n) is 7.42. The second-order valence-corrected chi connectivity index (χ2v) is 6.04. The van der Waals surface area contributed by atoms with Gasteiger partial charge >= 0.3 is 0 Å². The molecular weight excluding hydrogens is 268 g/mol. The first-order chi connectivity index (χ1) is 9.97. The summed E-state index contributed by atoms with van der Waals surface area (Å²) in [4.78, 5) is 19.1. The molecule has 0 unspecified atom stereocenters. The Balaban J connectivity index is 2.09. The number of likely N-dealkylation sites (N-methyl/N-ethyl adjacent to an activating group) is 1. The Labute approximate surface area is 126 Å². The number of aromatic nitrogens is 2. The molecule has 1 aliphatic heterocycles. The van der Waals surface area contributed by atoms with Gasteiger partial charge in [-0.3, -0.25) is 9.89 Å². The summed E-state index contributed by atoms with van der Waals surface area (Å²) in [5, 5.41) is 6.59. The summed E-state index contributed by atoms with van der Waals surface area (Å²) >= 11 is 0. The first kappa shape index (κ1) is 15.8. The summed E-state index contributed by atoms with van der Waals surface area (Å²) in [6.45, 7) is 3.63. The van der Waals surface area contributed by atoms with E-state index in [4.69, 9.17) is 5.73 Å². The minimum absolute atomic E-state index is 0.00407. The van der Waals surface area contributed by atoms with Crippen LogP contribution >= 0.6 is 0 Å². The molecule has 1 aliphatic rings. The average Bonchev–Trinajstić information content (AvgIpc) is 2.87. The van der Waals surface area contributed by atoms with Gasteiger partial charge in [0.25, 0.3) is 5.91 Å². The number of piperidine rings is 1. The third-order valence-corrected chi connectivity index (χ3v) is 4.01. The smallest absolute Gasteiger partial charge is 0.272 e. The van der Waals surface area contributed by atoms with Crippen LogP contribution in [0.2, 0.25) is 0 Å². The second-order valence-electron chi connectivity index (χ2n) is 6.04. The average molecular weight is 294 g/mol. The molecule has 0 aliphatic carbocycles. The highest BCUT2D eigenvalue weighted by molar-refractivity contribution is 5.93. The van der Waals surface area contributed by atoms with E-state index in [2.05, 4.69) is 27.0 Å². The number of amides is 1. The number of carbonyl (C=O) groups is 1. The van der Waals surface area contributed by atoms with Crippen LogP contribution in [-0.2, 0) is 0 Å². The lowest BCUT2D eigenvalue weighted by Crippen LogP contribution is -2.48. The molecule has 1 saturated heterocycles. The van der Waals surface area contributed by atoms with Gasteiger partial charge in [0.1, 0.15) is 11.5 Å². The van der Waals surface area contributed by atoms with E-state index in [1.165, 1.54) is 0 Å². The standard InChI is InChI=1S/C14H26N6O/c1-18(2)8-9-20(11-4-6-19(3)7-5-11)14(21)12-10-13(15)17-16-12/h10-11H,4-9H2,1-3H3,(H3,15,16,17). The number of hydrogen-bond donors (Lipinski definition) is 2. The number of nitrogen functional groups attached to an aromatic ring is 1. The normalized spacial score (nSPS) is 17.3. The highest BCUT2D eigenvalue weighted by Gasteiger charge is 2.28. The zero-order valence-electron chi connectivity index (χ0n) is 13.2. The SMILES string of the molecule is CN(C)CCN(C(=O)c1cc(N)n[nH]1)C1CCN(C)CC1. The Kier molecular flexibility index (Phi) is 5.19. The lowest BCUT2D eigenvalue weighted by atomic mass is 10.0. The molecule has 0 spiro atoms. The maximum atomic E-state index is 12.7. The molecule has 7 heteroatoms. The maximum absolute atomic E-state index is 12.7. The molecule has 21 heavy (non-hydrogen) atoms. The van der Waals surface area contributed by atoms with Gasteiger partial charge in [0.15, 0.2) is 0 Å². The summed E-state index contributed by atoms with van der Waals surface area (Å²) in [5.74, 6) is 0.352. The lowest BCUT2D eigenvalue weighted by molar-refractivity contribution is 0.0569. The Bertz CT molecular complexity index is 464. The van der Waals surface area contributed by atoms with Crippen LogP contribution in [0, 0.1) is 0 Å². The van der Waals surface area contributed by atoms with Crippen molar-refractivity contribution in [1.29, 1.82) is 0 Å². The van der Waals surface area contributed by atoms with Crippen molar-refractivity contribution in [1.82, 2.24) is 24.9 Å². The van der Waals surface area contributed by atoms with Crippen molar-refractivity contribution < 1.29 is 4.79 Å². The van der Waals surface area contributed by atoms with E-state index in [1.54, 1.807) is 6.07 Å². The zero-order chi connectivity index (χ0) is 15.4. The molecule has 1 amide bonds. The maximum Gasteiger partial charge on any atom is 0.272 e. The van der Waals surface area contributed by atoms with Gasteiger partial charge < -0.3 is 20.4 Å². The molecule has 1 aromatic heterocycles. The number of nitrogens with two attached hydrogens (primary N) is 1. The van der Waals surface area contributed by atoms with Crippen molar-refractivity contribution in [2.75, 3.05) is 53.1 Å². The number of carbonyl (C=O) groups excluding carboxylic acids is 1. The molecular formula is C14H26N6O. The van der Waals surface area contributed by atoms with Crippen LogP contribution in [0.15, 0.2) is 6.07 Å². The van der Waals surface area contributed by atoms with Crippen LogP contribution in [0.1, 0.15) is 23.3 Å². The highest BCUT2D eigenvalue weighted by Crippen LogP contribution is 2.18. The fraction of sp³-hybridized carbons (Fsp3) is 0.714. The quantitative estimate of drug-likeness (QED) is 0.804. The molecule has 2 heterocycles. The number of hydrogen-bond acceptors (Lipinski definition) is 5. The van der Waals surface area contributed by atoms with Crippen molar-refractivity contribution in [2.24, 2.45) is 0 Å². The fourth-order valence-electron chi connectivity index (χ4n) is 2.67. The Morgan fingerprint density at radius 1 is 1.43 bits per heavy atom. The Morgan fingerprint density at radius 2 is 2.10 bits per heavy atom. The van der Waals surface area contributed by atoms with Crippen molar-refractivity contribution in [3.05, 3.63) is 11.8 Å². The van der Waals surface area contributed by atoms with Crippen LogP contribution in [0.25, 0.3) is 0 Å². The van der Waals surface area contributed by atoms with Crippen molar-refractivity contribution in [3.8, 4) is 0 Å². The van der Waals surface area contributed by atoms with Crippen LogP contribution in [0.5, 0.6) is 0 Å². The van der Waals surface area contributed by atoms with Gasteiger partial charge in [-0.15, -0.1) is 0 Å². The number of nitrogens with zero attached hydrogens (tertiary/aromatic N) is 4. The van der Waals surface area contributed by atoms with Gasteiger partial charge in [-0.05, 0) is 47.1 Å². The van der Waals surface area contributed by atoms with E-state index in [-0.39, 0.29) is 11.9 Å². The van der Waals surface area contributed by atoms with Crippen LogP contribution in [0.3, 0.4) is 0 Å². The summed E-state index contributed by atoms with van der Waals surface area (Å²) in [6, 6.07) is 1.90. The molecule has 0 atom stereocenters. The van der Waals surface area contributed by atoms with E-state index in [0.717, 1.165) is 39.0 Å². The number of H-pyrrole nitrogens is 1. The summed E-state index contributed by atoms with van der Waals surface area (Å²) in [7, 11) is 6.16. The van der Waals surface area contributed by atoms with Gasteiger partial charge in [0.2, 0.25) is 0 Å². The number of aromatic amines is 1. The molecule has 7 nitrogen and oxygen atoms in total. The van der Waals surface area contributed by atoms with Crippen LogP contribution in [0.4, 0.5) is 5.82 Å². The Morgan fingerprint density at radius 3 is 2.62 bits per heavy atom. The monoisotopic (exact) mass is 294 g/mol. The van der Waals surface area contributed by atoms with E-state index in [9.17, 15) is 4.79 Å². The number of rotatable bonds is 5. The van der Waals surface area contributed by atoms with Gasteiger partial charge in [0.05, 0.1) is 0 Å². The van der Waals surface area contributed by atoms with Gasteiger partial charge in [-0.2, -0.15) is 5.10 Å². The van der Waals surface area contributed by atoms with E-state index < -0.39 is 0 Å². The predicted molar refractivity (Wildman–Crippen MR) is 83.1 cm³/mol. The van der Waals surface area contributed by atoms with Crippen LogP contribution in [-0.4, -0.2) is 84.2 Å². The molecule has 0 aromatic carbocycles.